The topological polar surface area (TPSA) is 20.3 Å². The van der Waals surface area contributed by atoms with Crippen molar-refractivity contribution in [1.29, 1.82) is 0 Å². The number of hydrogen-bond acceptors (Lipinski definition) is 2. The second-order valence-corrected chi connectivity index (χ2v) is 4.81. The smallest absolute Gasteiger partial charge is 0.138 e. The zero-order valence-electron chi connectivity index (χ0n) is 10.3. The second kappa shape index (κ2) is 4.96. The average molecular weight is 235 g/mol. The predicted octanol–water partition coefficient (Wildman–Crippen LogP) is 2.80. The van der Waals surface area contributed by atoms with Crippen molar-refractivity contribution in [2.75, 3.05) is 13.1 Å². The van der Waals surface area contributed by atoms with Gasteiger partial charge < -0.3 is 0 Å². The molecule has 1 aliphatic heterocycles. The Labute approximate surface area is 101 Å². The molecular weight excluding hydrogens is 217 g/mol. The van der Waals surface area contributed by atoms with Crippen LogP contribution in [0.25, 0.3) is 0 Å². The largest absolute Gasteiger partial charge is 0.299 e. The number of halogens is 1. The molecular formula is C14H18FNO. The average Bonchev–Trinajstić information content (AvgIpc) is 2.32. The summed E-state index contributed by atoms with van der Waals surface area (Å²) in [5, 5.41) is 0. The van der Waals surface area contributed by atoms with Gasteiger partial charge in [-0.3, -0.25) is 9.69 Å². The molecule has 2 atom stereocenters. The first-order valence-corrected chi connectivity index (χ1v) is 6.10. The molecule has 2 rings (SSSR count). The van der Waals surface area contributed by atoms with Crippen LogP contribution < -0.4 is 0 Å². The molecule has 17 heavy (non-hydrogen) atoms. The van der Waals surface area contributed by atoms with E-state index in [1.165, 1.54) is 6.07 Å². The van der Waals surface area contributed by atoms with Gasteiger partial charge >= 0.3 is 0 Å². The van der Waals surface area contributed by atoms with Gasteiger partial charge in [-0.25, -0.2) is 4.39 Å². The van der Waals surface area contributed by atoms with Gasteiger partial charge in [0.25, 0.3) is 0 Å². The number of hydrogen-bond donors (Lipinski definition) is 0. The Morgan fingerprint density at radius 2 is 2.12 bits per heavy atom. The summed E-state index contributed by atoms with van der Waals surface area (Å²) in [6.45, 7) is 5.41. The molecule has 0 spiro atoms. The predicted molar refractivity (Wildman–Crippen MR) is 65.2 cm³/mol. The summed E-state index contributed by atoms with van der Waals surface area (Å²) in [7, 11) is 0. The van der Waals surface area contributed by atoms with Crippen LogP contribution in [-0.4, -0.2) is 23.8 Å². The zero-order chi connectivity index (χ0) is 12.4. The number of rotatable bonds is 2. The minimum atomic E-state index is -0.162. The lowest BCUT2D eigenvalue weighted by Gasteiger charge is -2.35. The highest BCUT2D eigenvalue weighted by atomic mass is 19.1. The van der Waals surface area contributed by atoms with Crippen LogP contribution in [0.15, 0.2) is 24.3 Å². The van der Waals surface area contributed by atoms with Crippen molar-refractivity contribution in [3.63, 3.8) is 0 Å². The Morgan fingerprint density at radius 3 is 2.76 bits per heavy atom. The maximum atomic E-state index is 13.7. The van der Waals surface area contributed by atoms with Crippen LogP contribution in [0.2, 0.25) is 0 Å². The monoisotopic (exact) mass is 235 g/mol. The maximum absolute atomic E-state index is 13.7. The molecule has 92 valence electrons. The SMILES string of the molecule is CC1CN(C(C)c2ccccc2F)CCC1=O. The Morgan fingerprint density at radius 1 is 1.41 bits per heavy atom. The minimum Gasteiger partial charge on any atom is -0.299 e. The van der Waals surface area contributed by atoms with E-state index in [4.69, 9.17) is 0 Å². The summed E-state index contributed by atoms with van der Waals surface area (Å²) in [4.78, 5) is 13.6. The number of ketones is 1. The van der Waals surface area contributed by atoms with Gasteiger partial charge in [0.2, 0.25) is 0 Å². The van der Waals surface area contributed by atoms with Crippen molar-refractivity contribution in [2.24, 2.45) is 5.92 Å². The van der Waals surface area contributed by atoms with Crippen LogP contribution >= 0.6 is 0 Å². The van der Waals surface area contributed by atoms with Gasteiger partial charge in [-0.15, -0.1) is 0 Å². The van der Waals surface area contributed by atoms with Crippen molar-refractivity contribution in [1.82, 2.24) is 4.90 Å². The van der Waals surface area contributed by atoms with Crippen molar-refractivity contribution in [3.8, 4) is 0 Å². The molecule has 0 bridgehead atoms. The molecule has 0 amide bonds. The lowest BCUT2D eigenvalue weighted by molar-refractivity contribution is -0.126. The quantitative estimate of drug-likeness (QED) is 0.785. The third-order valence-electron chi connectivity index (χ3n) is 3.61. The molecule has 0 saturated carbocycles. The molecule has 2 nitrogen and oxygen atoms in total. The number of carbonyl (C=O) groups excluding carboxylic acids is 1. The van der Waals surface area contributed by atoms with Crippen LogP contribution in [0, 0.1) is 11.7 Å². The number of nitrogens with zero attached hydrogens (tertiary/aromatic N) is 1. The van der Waals surface area contributed by atoms with Crippen LogP contribution in [0.3, 0.4) is 0 Å². The summed E-state index contributed by atoms with van der Waals surface area (Å²) >= 11 is 0. The first-order valence-electron chi connectivity index (χ1n) is 6.10. The second-order valence-electron chi connectivity index (χ2n) is 4.81. The fraction of sp³-hybridized carbons (Fsp3) is 0.500. The molecule has 0 radical (unpaired) electrons. The number of likely N-dealkylation sites (tertiary alicyclic amines) is 1. The highest BCUT2D eigenvalue weighted by Crippen LogP contribution is 2.26. The third kappa shape index (κ3) is 2.55. The Kier molecular flexibility index (Phi) is 3.57. The third-order valence-corrected chi connectivity index (χ3v) is 3.61. The van der Waals surface area contributed by atoms with E-state index >= 15 is 0 Å². The van der Waals surface area contributed by atoms with Gasteiger partial charge in [-0.05, 0) is 13.0 Å². The van der Waals surface area contributed by atoms with Crippen LogP contribution in [0.5, 0.6) is 0 Å². The lowest BCUT2D eigenvalue weighted by atomic mass is 9.95. The standard InChI is InChI=1S/C14H18FNO/c1-10-9-16(8-7-14(10)17)11(2)12-5-3-4-6-13(12)15/h3-6,10-11H,7-9H2,1-2H3. The van der Waals surface area contributed by atoms with Crippen LogP contribution in [0.1, 0.15) is 31.9 Å². The van der Waals surface area contributed by atoms with E-state index in [-0.39, 0.29) is 17.8 Å². The summed E-state index contributed by atoms with van der Waals surface area (Å²) in [6, 6.07) is 6.90. The summed E-state index contributed by atoms with van der Waals surface area (Å²) in [6.07, 6.45) is 0.583. The van der Waals surface area contributed by atoms with E-state index in [0.29, 0.717) is 17.8 Å². The first kappa shape index (κ1) is 12.2. The molecule has 1 saturated heterocycles. The fourth-order valence-electron chi connectivity index (χ4n) is 2.41. The van der Waals surface area contributed by atoms with Crippen molar-refractivity contribution in [3.05, 3.63) is 35.6 Å². The molecule has 1 fully saturated rings. The van der Waals surface area contributed by atoms with Crippen molar-refractivity contribution >= 4 is 5.78 Å². The lowest BCUT2D eigenvalue weighted by Crippen LogP contribution is -2.41. The van der Waals surface area contributed by atoms with E-state index in [1.807, 2.05) is 26.0 Å². The van der Waals surface area contributed by atoms with E-state index in [2.05, 4.69) is 4.90 Å². The van der Waals surface area contributed by atoms with Crippen molar-refractivity contribution in [2.45, 2.75) is 26.3 Å². The molecule has 1 aromatic rings. The van der Waals surface area contributed by atoms with Gasteiger partial charge in [0.15, 0.2) is 0 Å². The molecule has 0 aliphatic carbocycles. The van der Waals surface area contributed by atoms with E-state index in [0.717, 1.165) is 13.1 Å². The summed E-state index contributed by atoms with van der Waals surface area (Å²) in [5.41, 5.74) is 0.717. The van der Waals surface area contributed by atoms with E-state index in [1.54, 1.807) is 6.07 Å². The molecule has 1 aliphatic rings. The number of Topliss-reactive ketones (excluding diaryl/α,β-unsaturated/α-hetero) is 1. The Bertz CT molecular complexity index is 418. The van der Waals surface area contributed by atoms with Crippen molar-refractivity contribution < 1.29 is 9.18 Å². The van der Waals surface area contributed by atoms with E-state index < -0.39 is 0 Å². The highest BCUT2D eigenvalue weighted by Gasteiger charge is 2.27. The van der Waals surface area contributed by atoms with Gasteiger partial charge in [0.05, 0.1) is 0 Å². The minimum absolute atomic E-state index is 0.0340. The summed E-state index contributed by atoms with van der Waals surface area (Å²) < 4.78 is 13.7. The van der Waals surface area contributed by atoms with Crippen LogP contribution in [0.4, 0.5) is 4.39 Å². The molecule has 1 heterocycles. The molecule has 2 unspecified atom stereocenters. The van der Waals surface area contributed by atoms with Gasteiger partial charge in [0.1, 0.15) is 11.6 Å². The van der Waals surface area contributed by atoms with E-state index in [9.17, 15) is 9.18 Å². The first-order chi connectivity index (χ1) is 8.09. The van der Waals surface area contributed by atoms with Gasteiger partial charge in [-0.2, -0.15) is 0 Å². The Hall–Kier alpha value is -1.22. The highest BCUT2D eigenvalue weighted by molar-refractivity contribution is 5.81. The molecule has 0 aromatic heterocycles. The maximum Gasteiger partial charge on any atom is 0.138 e. The normalized spacial score (nSPS) is 23.7. The van der Waals surface area contributed by atoms with Crippen LogP contribution in [-0.2, 0) is 4.79 Å². The zero-order valence-corrected chi connectivity index (χ0v) is 10.3. The number of carbonyl (C=O) groups is 1. The number of benzene rings is 1. The molecule has 3 heteroatoms. The van der Waals surface area contributed by atoms with Gasteiger partial charge in [-0.1, -0.05) is 25.1 Å². The fourth-order valence-corrected chi connectivity index (χ4v) is 2.41. The summed E-state index contributed by atoms with van der Waals surface area (Å²) in [5.74, 6) is 0.226. The van der Waals surface area contributed by atoms with Gasteiger partial charge in [0, 0.05) is 37.0 Å². The Balaban J connectivity index is 2.13. The number of piperidine rings is 1. The molecule has 1 aromatic carbocycles. The molecule has 0 N–H and O–H groups in total.